The van der Waals surface area contributed by atoms with Crippen LogP contribution in [0.3, 0.4) is 0 Å². The van der Waals surface area contributed by atoms with Crippen LogP contribution in [0, 0.1) is 6.92 Å². The average molecular weight is 368 g/mol. The first-order valence-corrected chi connectivity index (χ1v) is 8.90. The number of carbonyl (C=O) groups is 2. The van der Waals surface area contributed by atoms with Gasteiger partial charge in [-0.05, 0) is 44.2 Å². The molecule has 1 saturated carbocycles. The highest BCUT2D eigenvalue weighted by molar-refractivity contribution is 6.05. The first-order valence-electron chi connectivity index (χ1n) is 8.90. The number of anilines is 2. The summed E-state index contributed by atoms with van der Waals surface area (Å²) in [5.41, 5.74) is 5.28. The molecule has 1 aliphatic carbocycles. The lowest BCUT2D eigenvalue weighted by molar-refractivity contribution is 0.0876. The summed E-state index contributed by atoms with van der Waals surface area (Å²) in [6, 6.07) is 2.86. The number of pyridine rings is 1. The number of nitrogens with zero attached hydrogens (tertiary/aromatic N) is 3. The van der Waals surface area contributed by atoms with E-state index < -0.39 is 17.1 Å². The van der Waals surface area contributed by atoms with Crippen LogP contribution in [0.25, 0.3) is 0 Å². The Kier molecular flexibility index (Phi) is 3.94. The van der Waals surface area contributed by atoms with Crippen molar-refractivity contribution in [2.45, 2.75) is 44.7 Å². The maximum absolute atomic E-state index is 13.2. The predicted molar refractivity (Wildman–Crippen MR) is 98.4 cm³/mol. The van der Waals surface area contributed by atoms with Crippen LogP contribution in [-0.2, 0) is 5.66 Å². The molecule has 1 fully saturated rings. The van der Waals surface area contributed by atoms with Gasteiger partial charge in [-0.2, -0.15) is 0 Å². The van der Waals surface area contributed by atoms with Gasteiger partial charge in [-0.15, -0.1) is 0 Å². The minimum atomic E-state index is -0.734. The van der Waals surface area contributed by atoms with Gasteiger partial charge >= 0.3 is 0 Å². The molecular formula is C18H20N6O3. The van der Waals surface area contributed by atoms with Crippen molar-refractivity contribution in [2.75, 3.05) is 11.1 Å². The van der Waals surface area contributed by atoms with Gasteiger partial charge in [0.05, 0.1) is 0 Å². The largest absolute Gasteiger partial charge is 0.384 e. The van der Waals surface area contributed by atoms with Crippen molar-refractivity contribution >= 4 is 23.5 Å². The zero-order valence-corrected chi connectivity index (χ0v) is 14.9. The topological polar surface area (TPSA) is 132 Å². The van der Waals surface area contributed by atoms with Crippen LogP contribution >= 0.6 is 0 Å². The Hall–Kier alpha value is -3.23. The van der Waals surface area contributed by atoms with E-state index in [1.165, 1.54) is 23.0 Å². The highest BCUT2D eigenvalue weighted by atomic mass is 16.2. The Morgan fingerprint density at radius 2 is 1.96 bits per heavy atom. The summed E-state index contributed by atoms with van der Waals surface area (Å²) in [5.74, 6) is -0.446. The molecule has 4 N–H and O–H groups in total. The third kappa shape index (κ3) is 2.75. The summed E-state index contributed by atoms with van der Waals surface area (Å²) in [6.45, 7) is 1.73. The van der Waals surface area contributed by atoms with Gasteiger partial charge in [0, 0.05) is 6.07 Å². The number of rotatable bonds is 2. The van der Waals surface area contributed by atoms with Gasteiger partial charge in [-0.1, -0.05) is 6.42 Å². The molecule has 9 heteroatoms. The fraction of sp³-hybridized carbons (Fsp3) is 0.389. The summed E-state index contributed by atoms with van der Waals surface area (Å²) in [7, 11) is 0. The molecule has 2 aromatic heterocycles. The lowest BCUT2D eigenvalue weighted by Gasteiger charge is -2.35. The molecule has 3 heterocycles. The highest BCUT2D eigenvalue weighted by Crippen LogP contribution is 2.36. The lowest BCUT2D eigenvalue weighted by atomic mass is 9.89. The van der Waals surface area contributed by atoms with Crippen LogP contribution in [0.2, 0.25) is 0 Å². The summed E-state index contributed by atoms with van der Waals surface area (Å²) in [5, 5.41) is 5.57. The van der Waals surface area contributed by atoms with Crippen molar-refractivity contribution in [3.63, 3.8) is 0 Å². The zero-order valence-electron chi connectivity index (χ0n) is 14.9. The van der Waals surface area contributed by atoms with Crippen molar-refractivity contribution in [1.29, 1.82) is 0 Å². The maximum atomic E-state index is 13.2. The van der Waals surface area contributed by atoms with Crippen LogP contribution in [0.1, 0.15) is 58.5 Å². The van der Waals surface area contributed by atoms with Gasteiger partial charge in [0.25, 0.3) is 17.4 Å². The van der Waals surface area contributed by atoms with Gasteiger partial charge in [0.15, 0.2) is 0 Å². The zero-order chi connectivity index (χ0) is 19.2. The van der Waals surface area contributed by atoms with Crippen molar-refractivity contribution in [1.82, 2.24) is 19.9 Å². The fourth-order valence-electron chi connectivity index (χ4n) is 4.03. The second-order valence-corrected chi connectivity index (χ2v) is 7.06. The molecule has 1 aliphatic heterocycles. The van der Waals surface area contributed by atoms with Crippen molar-refractivity contribution in [2.24, 2.45) is 0 Å². The van der Waals surface area contributed by atoms with Crippen molar-refractivity contribution in [3.8, 4) is 0 Å². The number of fused-ring (bicyclic) bond motifs is 2. The molecule has 0 unspecified atom stereocenters. The normalized spacial score (nSPS) is 17.4. The van der Waals surface area contributed by atoms with E-state index in [4.69, 9.17) is 5.73 Å². The molecule has 4 rings (SSSR count). The monoisotopic (exact) mass is 368 g/mol. The Morgan fingerprint density at radius 1 is 1.22 bits per heavy atom. The van der Waals surface area contributed by atoms with E-state index in [0.717, 1.165) is 19.3 Å². The van der Waals surface area contributed by atoms with Gasteiger partial charge < -0.3 is 16.4 Å². The number of hydrogen-bond acceptors (Lipinski definition) is 6. The first-order chi connectivity index (χ1) is 12.9. The van der Waals surface area contributed by atoms with Crippen LogP contribution in [0.5, 0.6) is 0 Å². The summed E-state index contributed by atoms with van der Waals surface area (Å²) in [6.07, 6.45) is 5.49. The number of nitrogens with two attached hydrogens (primary N) is 1. The minimum Gasteiger partial charge on any atom is -0.384 e. The number of nitrogen functional groups attached to an aromatic ring is 1. The van der Waals surface area contributed by atoms with Crippen molar-refractivity contribution < 1.29 is 9.59 Å². The van der Waals surface area contributed by atoms with E-state index in [1.54, 1.807) is 6.92 Å². The van der Waals surface area contributed by atoms with E-state index in [9.17, 15) is 14.4 Å². The molecule has 27 heavy (non-hydrogen) atoms. The highest BCUT2D eigenvalue weighted by Gasteiger charge is 2.45. The molecule has 2 amide bonds. The molecule has 9 nitrogen and oxygen atoms in total. The second kappa shape index (κ2) is 6.19. The van der Waals surface area contributed by atoms with Crippen LogP contribution in [-0.4, -0.2) is 26.3 Å². The molecule has 1 spiro atoms. The van der Waals surface area contributed by atoms with Gasteiger partial charge in [0.1, 0.15) is 34.9 Å². The van der Waals surface area contributed by atoms with Crippen molar-refractivity contribution in [3.05, 3.63) is 45.6 Å². The number of nitrogens with one attached hydrogen (secondary N) is 2. The summed E-state index contributed by atoms with van der Waals surface area (Å²) >= 11 is 0. The first kappa shape index (κ1) is 17.2. The second-order valence-electron chi connectivity index (χ2n) is 7.06. The molecule has 140 valence electrons. The smallest absolute Gasteiger partial charge is 0.270 e. The Bertz CT molecular complexity index is 1010. The van der Waals surface area contributed by atoms with Gasteiger partial charge in [-0.25, -0.2) is 9.97 Å². The van der Waals surface area contributed by atoms with E-state index in [2.05, 4.69) is 20.6 Å². The number of aromatic nitrogens is 3. The Morgan fingerprint density at radius 3 is 2.67 bits per heavy atom. The van der Waals surface area contributed by atoms with E-state index in [-0.39, 0.29) is 23.1 Å². The Balaban J connectivity index is 1.79. The molecule has 0 aromatic carbocycles. The van der Waals surface area contributed by atoms with Crippen LogP contribution in [0.4, 0.5) is 11.6 Å². The SMILES string of the molecule is Cc1cc(C(=O)Nc2cc(N)ncn2)c(=O)n2c1C(=O)NC21CCCCC1. The molecule has 0 saturated heterocycles. The molecule has 0 radical (unpaired) electrons. The predicted octanol–water partition coefficient (Wildman–Crippen LogP) is 1.14. The van der Waals surface area contributed by atoms with Crippen LogP contribution < -0.4 is 21.9 Å². The summed E-state index contributed by atoms with van der Waals surface area (Å²) < 4.78 is 1.49. The number of amides is 2. The molecule has 0 bridgehead atoms. The fourth-order valence-corrected chi connectivity index (χ4v) is 4.03. The average Bonchev–Trinajstić information content (AvgIpc) is 2.91. The Labute approximate surface area is 155 Å². The molecule has 0 atom stereocenters. The third-order valence-corrected chi connectivity index (χ3v) is 5.24. The number of aryl methyl sites for hydroxylation is 1. The molecule has 2 aromatic rings. The van der Waals surface area contributed by atoms with Gasteiger partial charge in [0.2, 0.25) is 0 Å². The standard InChI is InChI=1S/C18H20N6O3/c1-10-7-11(15(25)22-13-8-12(19)20-9-21-13)17(27)24-14(10)16(26)23-18(24)5-3-2-4-6-18/h7-9H,2-6H2,1H3,(H,23,26)(H3,19,20,21,22,25). The summed E-state index contributed by atoms with van der Waals surface area (Å²) in [4.78, 5) is 46.1. The van der Waals surface area contributed by atoms with E-state index in [0.29, 0.717) is 24.1 Å². The van der Waals surface area contributed by atoms with E-state index >= 15 is 0 Å². The quantitative estimate of drug-likeness (QED) is 0.728. The minimum absolute atomic E-state index is 0.0325. The third-order valence-electron chi connectivity index (χ3n) is 5.24. The van der Waals surface area contributed by atoms with Gasteiger partial charge in [-0.3, -0.25) is 19.0 Å². The number of carbonyl (C=O) groups excluding carboxylic acids is 2. The van der Waals surface area contributed by atoms with Crippen LogP contribution in [0.15, 0.2) is 23.3 Å². The van der Waals surface area contributed by atoms with E-state index in [1.807, 2.05) is 0 Å². The number of hydrogen-bond donors (Lipinski definition) is 3. The molecule has 2 aliphatic rings. The maximum Gasteiger partial charge on any atom is 0.270 e. The molecular weight excluding hydrogens is 348 g/mol. The lowest BCUT2D eigenvalue weighted by Crippen LogP contribution is -2.49.